The van der Waals surface area contributed by atoms with Crippen molar-refractivity contribution < 1.29 is 4.74 Å². The molecule has 0 saturated heterocycles. The molecule has 1 atom stereocenters. The van der Waals surface area contributed by atoms with Gasteiger partial charge in [0.15, 0.2) is 0 Å². The molecule has 14 heavy (non-hydrogen) atoms. The van der Waals surface area contributed by atoms with Gasteiger partial charge in [-0.3, -0.25) is 0 Å². The minimum absolute atomic E-state index is 0.126. The first-order valence-corrected chi connectivity index (χ1v) is 5.28. The van der Waals surface area contributed by atoms with Gasteiger partial charge < -0.3 is 4.74 Å². The Bertz CT molecular complexity index is 279. The van der Waals surface area contributed by atoms with Gasteiger partial charge in [0.2, 0.25) is 0 Å². The van der Waals surface area contributed by atoms with Crippen LogP contribution in [0.25, 0.3) is 0 Å². The summed E-state index contributed by atoms with van der Waals surface area (Å²) in [6.07, 6.45) is 2.85. The van der Waals surface area contributed by atoms with Crippen LogP contribution in [0.1, 0.15) is 23.7 Å². The zero-order valence-electron chi connectivity index (χ0n) is 8.44. The van der Waals surface area contributed by atoms with Crippen LogP contribution in [0.15, 0.2) is 36.9 Å². The average Bonchev–Trinajstić information content (AvgIpc) is 2.26. The van der Waals surface area contributed by atoms with Crippen molar-refractivity contribution in [1.29, 1.82) is 0 Å². The summed E-state index contributed by atoms with van der Waals surface area (Å²) in [6, 6.07) is 8.33. The summed E-state index contributed by atoms with van der Waals surface area (Å²) in [5, 5.41) is 0. The minimum Gasteiger partial charge on any atom is -0.376 e. The predicted octanol–water partition coefficient (Wildman–Crippen LogP) is 3.38. The van der Waals surface area contributed by atoms with Gasteiger partial charge >= 0.3 is 0 Å². The Morgan fingerprint density at radius 3 is 2.50 bits per heavy atom. The maximum absolute atomic E-state index is 5.36. The second-order valence-electron chi connectivity index (χ2n) is 3.15. The number of benzene rings is 1. The zero-order chi connectivity index (χ0) is 10.4. The topological polar surface area (TPSA) is 9.23 Å². The van der Waals surface area contributed by atoms with Gasteiger partial charge in [0.05, 0.1) is 6.10 Å². The molecule has 0 spiro atoms. The second-order valence-corrected chi connectivity index (χ2v) is 3.46. The zero-order valence-corrected chi connectivity index (χ0v) is 9.34. The highest BCUT2D eigenvalue weighted by Crippen LogP contribution is 2.21. The van der Waals surface area contributed by atoms with Crippen molar-refractivity contribution in [1.82, 2.24) is 0 Å². The maximum Gasteiger partial charge on any atom is 0.0855 e. The van der Waals surface area contributed by atoms with Crippen molar-refractivity contribution >= 4 is 12.6 Å². The van der Waals surface area contributed by atoms with E-state index in [1.807, 2.05) is 6.08 Å². The van der Waals surface area contributed by atoms with Crippen molar-refractivity contribution in [2.45, 2.75) is 18.3 Å². The van der Waals surface area contributed by atoms with Crippen LogP contribution in [0, 0.1) is 0 Å². The van der Waals surface area contributed by atoms with Crippen LogP contribution in [0.2, 0.25) is 0 Å². The highest BCUT2D eigenvalue weighted by atomic mass is 32.1. The summed E-state index contributed by atoms with van der Waals surface area (Å²) in [7, 11) is 1.72. The van der Waals surface area contributed by atoms with Crippen LogP contribution in [0.5, 0.6) is 0 Å². The van der Waals surface area contributed by atoms with Crippen molar-refractivity contribution in [3.8, 4) is 0 Å². The molecule has 1 aromatic carbocycles. The van der Waals surface area contributed by atoms with Gasteiger partial charge in [-0.05, 0) is 17.5 Å². The Balaban J connectivity index is 2.77. The Kier molecular flexibility index (Phi) is 4.77. The van der Waals surface area contributed by atoms with Gasteiger partial charge in [0.25, 0.3) is 0 Å². The molecule has 0 N–H and O–H groups in total. The summed E-state index contributed by atoms with van der Waals surface area (Å²) < 4.78 is 5.36. The number of methoxy groups -OCH3 is 1. The van der Waals surface area contributed by atoms with E-state index in [1.165, 1.54) is 11.1 Å². The fourth-order valence-corrected chi connectivity index (χ4v) is 1.57. The lowest BCUT2D eigenvalue weighted by Gasteiger charge is -2.13. The molecule has 1 aromatic rings. The largest absolute Gasteiger partial charge is 0.376 e. The molecule has 0 aromatic heterocycles. The van der Waals surface area contributed by atoms with Crippen molar-refractivity contribution in [2.75, 3.05) is 7.11 Å². The van der Waals surface area contributed by atoms with Crippen LogP contribution in [-0.4, -0.2) is 7.11 Å². The third-order valence-corrected chi connectivity index (χ3v) is 2.56. The second kappa shape index (κ2) is 5.89. The van der Waals surface area contributed by atoms with Crippen molar-refractivity contribution in [2.24, 2.45) is 0 Å². The van der Waals surface area contributed by atoms with Crippen LogP contribution in [-0.2, 0) is 10.5 Å². The van der Waals surface area contributed by atoms with Gasteiger partial charge in [-0.1, -0.05) is 30.3 Å². The molecule has 76 valence electrons. The summed E-state index contributed by atoms with van der Waals surface area (Å²) in [5.74, 6) is 0.777. The first-order valence-electron chi connectivity index (χ1n) is 4.65. The van der Waals surface area contributed by atoms with Crippen LogP contribution >= 0.6 is 12.6 Å². The fraction of sp³-hybridized carbons (Fsp3) is 0.333. The third kappa shape index (κ3) is 2.89. The van der Waals surface area contributed by atoms with Gasteiger partial charge in [-0.2, -0.15) is 12.6 Å². The molecule has 0 aliphatic carbocycles. The quantitative estimate of drug-likeness (QED) is 0.576. The molecule has 0 heterocycles. The van der Waals surface area contributed by atoms with Gasteiger partial charge in [-0.15, -0.1) is 6.58 Å². The van der Waals surface area contributed by atoms with E-state index in [1.54, 1.807) is 7.11 Å². The van der Waals surface area contributed by atoms with E-state index in [2.05, 4.69) is 43.5 Å². The van der Waals surface area contributed by atoms with Gasteiger partial charge in [-0.25, -0.2) is 0 Å². The molecule has 0 amide bonds. The van der Waals surface area contributed by atoms with Crippen LogP contribution in [0.3, 0.4) is 0 Å². The van der Waals surface area contributed by atoms with E-state index in [4.69, 9.17) is 4.74 Å². The van der Waals surface area contributed by atoms with E-state index in [-0.39, 0.29) is 6.10 Å². The highest BCUT2D eigenvalue weighted by molar-refractivity contribution is 7.79. The lowest BCUT2D eigenvalue weighted by atomic mass is 10.1. The number of hydrogen-bond acceptors (Lipinski definition) is 2. The normalized spacial score (nSPS) is 12.4. The lowest BCUT2D eigenvalue weighted by Crippen LogP contribution is -1.99. The highest BCUT2D eigenvalue weighted by Gasteiger charge is 2.07. The lowest BCUT2D eigenvalue weighted by molar-refractivity contribution is 0.106. The van der Waals surface area contributed by atoms with E-state index in [9.17, 15) is 0 Å². The molecule has 0 aliphatic rings. The predicted molar refractivity (Wildman–Crippen MR) is 63.7 cm³/mol. The monoisotopic (exact) mass is 208 g/mol. The summed E-state index contributed by atoms with van der Waals surface area (Å²) in [5.41, 5.74) is 2.42. The minimum atomic E-state index is 0.126. The molecule has 0 radical (unpaired) electrons. The summed E-state index contributed by atoms with van der Waals surface area (Å²) in [6.45, 7) is 3.72. The number of thiol groups is 1. The van der Waals surface area contributed by atoms with Crippen LogP contribution in [0.4, 0.5) is 0 Å². The molecule has 0 saturated carbocycles. The average molecular weight is 208 g/mol. The SMILES string of the molecule is C=CCC(OC)c1ccc(CS)cc1. The molecule has 0 aliphatic heterocycles. The Morgan fingerprint density at radius 1 is 1.43 bits per heavy atom. The van der Waals surface area contributed by atoms with Gasteiger partial charge in [0, 0.05) is 12.9 Å². The van der Waals surface area contributed by atoms with Crippen LogP contribution < -0.4 is 0 Å². The Hall–Kier alpha value is -0.730. The van der Waals surface area contributed by atoms with E-state index >= 15 is 0 Å². The molecular weight excluding hydrogens is 192 g/mol. The third-order valence-electron chi connectivity index (χ3n) is 2.20. The summed E-state index contributed by atoms with van der Waals surface area (Å²) >= 11 is 4.21. The fourth-order valence-electron chi connectivity index (χ4n) is 1.36. The molecule has 2 heteroatoms. The Labute approximate surface area is 91.2 Å². The van der Waals surface area contributed by atoms with Crippen molar-refractivity contribution in [3.05, 3.63) is 48.0 Å². The number of hydrogen-bond donors (Lipinski definition) is 1. The maximum atomic E-state index is 5.36. The molecule has 0 bridgehead atoms. The first-order chi connectivity index (χ1) is 6.81. The van der Waals surface area contributed by atoms with Crippen molar-refractivity contribution in [3.63, 3.8) is 0 Å². The smallest absolute Gasteiger partial charge is 0.0855 e. The standard InChI is InChI=1S/C12H16OS/c1-3-4-12(13-2)11-7-5-10(9-14)6-8-11/h3,5-8,12,14H,1,4,9H2,2H3. The van der Waals surface area contributed by atoms with E-state index < -0.39 is 0 Å². The first kappa shape index (κ1) is 11.3. The van der Waals surface area contributed by atoms with E-state index in [0.29, 0.717) is 0 Å². The Morgan fingerprint density at radius 2 is 2.07 bits per heavy atom. The number of rotatable bonds is 5. The summed E-state index contributed by atoms with van der Waals surface area (Å²) in [4.78, 5) is 0. The molecule has 1 rings (SSSR count). The van der Waals surface area contributed by atoms with Gasteiger partial charge in [0.1, 0.15) is 0 Å². The molecule has 0 fully saturated rings. The van der Waals surface area contributed by atoms with E-state index in [0.717, 1.165) is 12.2 Å². The molecule has 1 unspecified atom stereocenters. The number of ether oxygens (including phenoxy) is 1. The molecule has 1 nitrogen and oxygen atoms in total. The molecular formula is C12H16OS.